The largest absolute Gasteiger partial charge is 0.338 e. The Balaban J connectivity index is 2.02. The lowest BCUT2D eigenvalue weighted by Crippen LogP contribution is -2.43. The number of likely N-dealkylation sites (tertiary alicyclic amines) is 1. The molecule has 5 nitrogen and oxygen atoms in total. The highest BCUT2D eigenvalue weighted by Crippen LogP contribution is 2.19. The second kappa shape index (κ2) is 5.40. The van der Waals surface area contributed by atoms with E-state index in [1.165, 1.54) is 0 Å². The van der Waals surface area contributed by atoms with Gasteiger partial charge in [-0.25, -0.2) is 0 Å². The fourth-order valence-corrected chi connectivity index (χ4v) is 2.31. The number of piperidine rings is 1. The van der Waals surface area contributed by atoms with Crippen molar-refractivity contribution < 1.29 is 9.32 Å². The van der Waals surface area contributed by atoms with Crippen LogP contribution in [0.1, 0.15) is 44.8 Å². The number of ketones is 1. The normalized spacial score (nSPS) is 21.6. The van der Waals surface area contributed by atoms with Crippen LogP contribution in [0.15, 0.2) is 4.52 Å². The molecule has 1 aliphatic rings. The zero-order valence-electron chi connectivity index (χ0n) is 10.5. The van der Waals surface area contributed by atoms with Crippen LogP contribution in [-0.4, -0.2) is 33.4 Å². The van der Waals surface area contributed by atoms with Crippen LogP contribution in [0.5, 0.6) is 0 Å². The van der Waals surface area contributed by atoms with Crippen molar-refractivity contribution in [1.29, 1.82) is 0 Å². The van der Waals surface area contributed by atoms with Gasteiger partial charge in [-0.1, -0.05) is 18.5 Å². The van der Waals surface area contributed by atoms with Crippen LogP contribution in [0.25, 0.3) is 0 Å². The number of hydrogen-bond acceptors (Lipinski definition) is 5. The van der Waals surface area contributed by atoms with Crippen LogP contribution in [0, 0.1) is 0 Å². The smallest absolute Gasteiger partial charge is 0.240 e. The first kappa shape index (κ1) is 12.2. The molecule has 5 heteroatoms. The van der Waals surface area contributed by atoms with E-state index in [1.54, 1.807) is 6.92 Å². The van der Waals surface area contributed by atoms with Gasteiger partial charge in [0.15, 0.2) is 5.82 Å². The zero-order valence-corrected chi connectivity index (χ0v) is 10.5. The summed E-state index contributed by atoms with van der Waals surface area (Å²) in [6.45, 7) is 5.19. The van der Waals surface area contributed by atoms with Crippen molar-refractivity contribution in [3.8, 4) is 0 Å². The molecule has 0 aromatic carbocycles. The summed E-state index contributed by atoms with van der Waals surface area (Å²) >= 11 is 0. The highest BCUT2D eigenvalue weighted by atomic mass is 16.5. The third-order valence-electron chi connectivity index (χ3n) is 3.25. The lowest BCUT2D eigenvalue weighted by molar-refractivity contribution is -0.123. The Morgan fingerprint density at radius 2 is 2.35 bits per heavy atom. The predicted molar refractivity (Wildman–Crippen MR) is 62.4 cm³/mol. The number of rotatable bonds is 4. The summed E-state index contributed by atoms with van der Waals surface area (Å²) < 4.78 is 5.17. The molecule has 0 radical (unpaired) electrons. The number of hydrogen-bond donors (Lipinski definition) is 0. The monoisotopic (exact) mass is 237 g/mol. The first-order valence-electron chi connectivity index (χ1n) is 6.26. The van der Waals surface area contributed by atoms with E-state index in [2.05, 4.69) is 15.0 Å². The molecule has 0 spiro atoms. The molecule has 1 aromatic heterocycles. The maximum Gasteiger partial charge on any atom is 0.240 e. The van der Waals surface area contributed by atoms with Crippen molar-refractivity contribution in [3.05, 3.63) is 11.7 Å². The summed E-state index contributed by atoms with van der Waals surface area (Å²) in [7, 11) is 0. The molecule has 1 atom stereocenters. The standard InChI is InChI=1S/C12H19N3O2/c1-3-11-13-12(17-14-11)8-15-7-5-4-6-10(15)9(2)16/h10H,3-8H2,1-2H3. The minimum absolute atomic E-state index is 0.0285. The van der Waals surface area contributed by atoms with Gasteiger partial charge in [-0.15, -0.1) is 0 Å². The molecular formula is C12H19N3O2. The molecule has 0 N–H and O–H groups in total. The third kappa shape index (κ3) is 2.91. The van der Waals surface area contributed by atoms with Gasteiger partial charge in [-0.3, -0.25) is 9.69 Å². The van der Waals surface area contributed by atoms with E-state index in [0.29, 0.717) is 12.4 Å². The first-order chi connectivity index (χ1) is 8.20. The highest BCUT2D eigenvalue weighted by Gasteiger charge is 2.27. The van der Waals surface area contributed by atoms with Gasteiger partial charge in [0.05, 0.1) is 12.6 Å². The SMILES string of the molecule is CCc1noc(CN2CCCCC2C(C)=O)n1. The molecule has 1 fully saturated rings. The molecule has 1 aromatic rings. The van der Waals surface area contributed by atoms with Gasteiger partial charge in [-0.05, 0) is 26.3 Å². The van der Waals surface area contributed by atoms with Crippen molar-refractivity contribution in [2.45, 2.75) is 52.1 Å². The Labute approximate surface area is 101 Å². The van der Waals surface area contributed by atoms with Crippen LogP contribution in [0.2, 0.25) is 0 Å². The average molecular weight is 237 g/mol. The summed E-state index contributed by atoms with van der Waals surface area (Å²) in [5.41, 5.74) is 0. The maximum atomic E-state index is 11.6. The van der Waals surface area contributed by atoms with Crippen LogP contribution < -0.4 is 0 Å². The number of Topliss-reactive ketones (excluding diaryl/α,β-unsaturated/α-hetero) is 1. The molecular weight excluding hydrogens is 218 g/mol. The number of nitrogens with zero attached hydrogens (tertiary/aromatic N) is 3. The molecule has 1 aliphatic heterocycles. The number of aryl methyl sites for hydroxylation is 1. The number of aromatic nitrogens is 2. The Morgan fingerprint density at radius 1 is 1.53 bits per heavy atom. The summed E-state index contributed by atoms with van der Waals surface area (Å²) in [5.74, 6) is 1.59. The van der Waals surface area contributed by atoms with E-state index >= 15 is 0 Å². The Bertz CT molecular complexity index is 389. The van der Waals surface area contributed by atoms with Crippen molar-refractivity contribution in [2.24, 2.45) is 0 Å². The topological polar surface area (TPSA) is 59.2 Å². The van der Waals surface area contributed by atoms with Gasteiger partial charge in [0, 0.05) is 6.42 Å². The molecule has 0 bridgehead atoms. The number of carbonyl (C=O) groups is 1. The summed E-state index contributed by atoms with van der Waals surface area (Å²) in [4.78, 5) is 18.0. The molecule has 2 heterocycles. The van der Waals surface area contributed by atoms with Gasteiger partial charge in [-0.2, -0.15) is 4.98 Å². The first-order valence-corrected chi connectivity index (χ1v) is 6.26. The second-order valence-corrected chi connectivity index (χ2v) is 4.55. The van der Waals surface area contributed by atoms with Gasteiger partial charge in [0.25, 0.3) is 0 Å². The molecule has 17 heavy (non-hydrogen) atoms. The van der Waals surface area contributed by atoms with Crippen molar-refractivity contribution in [3.63, 3.8) is 0 Å². The fraction of sp³-hybridized carbons (Fsp3) is 0.750. The minimum Gasteiger partial charge on any atom is -0.338 e. The van der Waals surface area contributed by atoms with E-state index in [0.717, 1.165) is 38.1 Å². The molecule has 2 rings (SSSR count). The summed E-state index contributed by atoms with van der Waals surface area (Å²) in [5, 5.41) is 3.87. The van der Waals surface area contributed by atoms with Crippen LogP contribution in [0.4, 0.5) is 0 Å². The Kier molecular flexibility index (Phi) is 3.89. The zero-order chi connectivity index (χ0) is 12.3. The van der Waals surface area contributed by atoms with E-state index in [4.69, 9.17) is 4.52 Å². The molecule has 94 valence electrons. The number of carbonyl (C=O) groups excluding carboxylic acids is 1. The predicted octanol–water partition coefficient (Wildman–Crippen LogP) is 1.58. The van der Waals surface area contributed by atoms with E-state index in [9.17, 15) is 4.79 Å². The Morgan fingerprint density at radius 3 is 3.00 bits per heavy atom. The minimum atomic E-state index is 0.0285. The van der Waals surface area contributed by atoms with Crippen LogP contribution in [-0.2, 0) is 17.8 Å². The van der Waals surface area contributed by atoms with Crippen molar-refractivity contribution >= 4 is 5.78 Å². The van der Waals surface area contributed by atoms with Gasteiger partial charge < -0.3 is 4.52 Å². The lowest BCUT2D eigenvalue weighted by Gasteiger charge is -2.32. The van der Waals surface area contributed by atoms with Gasteiger partial charge in [0.1, 0.15) is 5.78 Å². The quantitative estimate of drug-likeness (QED) is 0.795. The fourth-order valence-electron chi connectivity index (χ4n) is 2.31. The van der Waals surface area contributed by atoms with Gasteiger partial charge >= 0.3 is 0 Å². The molecule has 0 amide bonds. The highest BCUT2D eigenvalue weighted by molar-refractivity contribution is 5.81. The van der Waals surface area contributed by atoms with Crippen molar-refractivity contribution in [1.82, 2.24) is 15.0 Å². The third-order valence-corrected chi connectivity index (χ3v) is 3.25. The summed E-state index contributed by atoms with van der Waals surface area (Å²) in [6, 6.07) is 0.0285. The molecule has 0 aliphatic carbocycles. The second-order valence-electron chi connectivity index (χ2n) is 4.55. The van der Waals surface area contributed by atoms with Crippen LogP contribution in [0.3, 0.4) is 0 Å². The summed E-state index contributed by atoms with van der Waals surface area (Å²) in [6.07, 6.45) is 3.99. The average Bonchev–Trinajstić information content (AvgIpc) is 2.77. The van der Waals surface area contributed by atoms with E-state index < -0.39 is 0 Å². The lowest BCUT2D eigenvalue weighted by atomic mass is 9.99. The van der Waals surface area contributed by atoms with Gasteiger partial charge in [0.2, 0.25) is 5.89 Å². The molecule has 1 unspecified atom stereocenters. The Hall–Kier alpha value is -1.23. The van der Waals surface area contributed by atoms with Crippen molar-refractivity contribution in [2.75, 3.05) is 6.54 Å². The van der Waals surface area contributed by atoms with E-state index in [1.807, 2.05) is 6.92 Å². The molecule has 1 saturated heterocycles. The van der Waals surface area contributed by atoms with Crippen LogP contribution >= 0.6 is 0 Å². The molecule has 0 saturated carbocycles. The van der Waals surface area contributed by atoms with E-state index in [-0.39, 0.29) is 11.8 Å². The maximum absolute atomic E-state index is 11.6.